The fourth-order valence-corrected chi connectivity index (χ4v) is 2.67. The number of para-hydroxylation sites is 1. The largest absolute Gasteiger partial charge is 0.457 e. The van der Waals surface area contributed by atoms with Crippen LogP contribution in [0.4, 0.5) is 5.69 Å². The minimum Gasteiger partial charge on any atom is -0.457 e. The van der Waals surface area contributed by atoms with Crippen LogP contribution in [0.15, 0.2) is 82.0 Å². The molecule has 6 heteroatoms. The van der Waals surface area contributed by atoms with E-state index >= 15 is 0 Å². The van der Waals surface area contributed by atoms with E-state index < -0.39 is 5.63 Å². The lowest BCUT2D eigenvalue weighted by atomic mass is 10.2. The van der Waals surface area contributed by atoms with Crippen molar-refractivity contribution in [2.24, 2.45) is 0 Å². The van der Waals surface area contributed by atoms with Crippen LogP contribution < -0.4 is 10.4 Å². The van der Waals surface area contributed by atoms with Gasteiger partial charge in [0.25, 0.3) is 5.69 Å². The van der Waals surface area contributed by atoms with Crippen molar-refractivity contribution in [2.45, 2.75) is 0 Å². The molecule has 3 aromatic carbocycles. The summed E-state index contributed by atoms with van der Waals surface area (Å²) in [7, 11) is 1.44. The number of hydrogen-bond donors (Lipinski definition) is 0. The molecule has 132 valence electrons. The second kappa shape index (κ2) is 6.84. The second-order valence-corrected chi connectivity index (χ2v) is 5.94. The highest BCUT2D eigenvalue weighted by molar-refractivity contribution is 5.78. The van der Waals surface area contributed by atoms with Gasteiger partial charge < -0.3 is 9.15 Å². The van der Waals surface area contributed by atoms with E-state index in [-0.39, 0.29) is 5.89 Å². The number of fused-ring (bicyclic) bond motifs is 1. The molecule has 0 aliphatic rings. The van der Waals surface area contributed by atoms with Gasteiger partial charge in [0.05, 0.1) is 10.9 Å². The summed E-state index contributed by atoms with van der Waals surface area (Å²) in [5.74, 6) is 1.49. The summed E-state index contributed by atoms with van der Waals surface area (Å²) in [6.07, 6.45) is 0. The molecule has 4 aromatic rings. The van der Waals surface area contributed by atoms with E-state index in [1.54, 1.807) is 66.7 Å². The van der Waals surface area contributed by atoms with Crippen LogP contribution in [0.25, 0.3) is 22.4 Å². The fourth-order valence-electron chi connectivity index (χ4n) is 2.67. The number of rotatable bonds is 4. The molecular weight excluding hydrogens is 344 g/mol. The molecule has 0 unspecified atom stereocenters. The van der Waals surface area contributed by atoms with Crippen LogP contribution in [0, 0.1) is 4.91 Å². The maximum Gasteiger partial charge on any atom is 0.347 e. The van der Waals surface area contributed by atoms with Crippen molar-refractivity contribution in [1.29, 1.82) is 0 Å². The van der Waals surface area contributed by atoms with Gasteiger partial charge in [-0.1, -0.05) is 12.1 Å². The maximum atomic E-state index is 12.1. The zero-order valence-electron chi connectivity index (χ0n) is 14.5. The Morgan fingerprint density at radius 3 is 2.19 bits per heavy atom. The standard InChI is InChI=1S/C21H15N2O4/c1-23(25)15-8-12-17(13-9-15)26-16-10-6-14(7-11-16)20-22-19-5-3-2-4-18(19)21(24)27-20/h2-13H,1H3/q+1. The highest BCUT2D eigenvalue weighted by Gasteiger charge is 2.09. The van der Waals surface area contributed by atoms with Gasteiger partial charge in [0.1, 0.15) is 11.5 Å². The van der Waals surface area contributed by atoms with Crippen molar-refractivity contribution in [2.75, 3.05) is 7.05 Å². The molecule has 0 bridgehead atoms. The fraction of sp³-hybridized carbons (Fsp3) is 0.0476. The molecule has 0 radical (unpaired) electrons. The first-order chi connectivity index (χ1) is 13.1. The summed E-state index contributed by atoms with van der Waals surface area (Å²) in [6, 6.07) is 20.9. The van der Waals surface area contributed by atoms with Gasteiger partial charge in [0.2, 0.25) is 5.89 Å². The van der Waals surface area contributed by atoms with Gasteiger partial charge in [0.15, 0.2) is 7.05 Å². The third-order valence-corrected chi connectivity index (χ3v) is 4.07. The molecule has 0 fully saturated rings. The van der Waals surface area contributed by atoms with Gasteiger partial charge in [-0.25, -0.2) is 9.78 Å². The van der Waals surface area contributed by atoms with E-state index in [0.29, 0.717) is 33.7 Å². The maximum absolute atomic E-state index is 12.1. The molecule has 6 nitrogen and oxygen atoms in total. The molecule has 4 rings (SSSR count). The van der Waals surface area contributed by atoms with E-state index in [9.17, 15) is 9.70 Å². The van der Waals surface area contributed by atoms with Gasteiger partial charge >= 0.3 is 5.63 Å². The molecule has 1 aromatic heterocycles. The van der Waals surface area contributed by atoms with E-state index in [4.69, 9.17) is 9.15 Å². The average molecular weight is 359 g/mol. The summed E-state index contributed by atoms with van der Waals surface area (Å²) >= 11 is 0. The first-order valence-corrected chi connectivity index (χ1v) is 8.29. The van der Waals surface area contributed by atoms with E-state index in [2.05, 4.69) is 4.98 Å². The molecule has 1 heterocycles. The van der Waals surface area contributed by atoms with Gasteiger partial charge in [-0.15, -0.1) is 0 Å². The Labute approximate surface area is 154 Å². The molecule has 0 aliphatic carbocycles. The molecular formula is C21H15N2O4+. The number of benzene rings is 3. The van der Waals surface area contributed by atoms with E-state index in [1.165, 1.54) is 7.05 Å². The summed E-state index contributed by atoms with van der Waals surface area (Å²) in [6.45, 7) is 0. The number of nitrogens with zero attached hydrogens (tertiary/aromatic N) is 2. The first-order valence-electron chi connectivity index (χ1n) is 8.29. The summed E-state index contributed by atoms with van der Waals surface area (Å²) < 4.78 is 11.9. The van der Waals surface area contributed by atoms with Gasteiger partial charge in [0, 0.05) is 27.4 Å². The molecule has 0 saturated carbocycles. The summed E-state index contributed by atoms with van der Waals surface area (Å²) in [5, 5.41) is 0.452. The smallest absolute Gasteiger partial charge is 0.347 e. The zero-order valence-corrected chi connectivity index (χ0v) is 14.5. The van der Waals surface area contributed by atoms with Crippen LogP contribution in [0.3, 0.4) is 0 Å². The Balaban J connectivity index is 1.59. The number of nitroso groups, excluding NO2 is 1. The molecule has 0 spiro atoms. The second-order valence-electron chi connectivity index (χ2n) is 5.94. The topological polar surface area (TPSA) is 72.4 Å². The van der Waals surface area contributed by atoms with Crippen molar-refractivity contribution in [3.63, 3.8) is 0 Å². The van der Waals surface area contributed by atoms with Gasteiger partial charge in [-0.2, -0.15) is 0 Å². The molecule has 27 heavy (non-hydrogen) atoms. The van der Waals surface area contributed by atoms with Crippen molar-refractivity contribution in [3.05, 3.63) is 88.1 Å². The Kier molecular flexibility index (Phi) is 4.22. The van der Waals surface area contributed by atoms with E-state index in [0.717, 1.165) is 4.76 Å². The summed E-state index contributed by atoms with van der Waals surface area (Å²) in [4.78, 5) is 27.7. The molecule has 0 aliphatic heterocycles. The van der Waals surface area contributed by atoms with Crippen LogP contribution in [0.1, 0.15) is 0 Å². The van der Waals surface area contributed by atoms with Crippen molar-refractivity contribution in [1.82, 2.24) is 4.98 Å². The van der Waals surface area contributed by atoms with Crippen molar-refractivity contribution in [3.8, 4) is 23.0 Å². The zero-order chi connectivity index (χ0) is 18.8. The first kappa shape index (κ1) is 16.7. The minimum atomic E-state index is -0.417. The molecule has 0 amide bonds. The van der Waals surface area contributed by atoms with Gasteiger partial charge in [-0.3, -0.25) is 0 Å². The monoisotopic (exact) mass is 359 g/mol. The molecule has 0 saturated heterocycles. The SMILES string of the molecule is C[N+](=O)c1ccc(Oc2ccc(-c3nc4ccccc4c(=O)o3)cc2)cc1. The summed E-state index contributed by atoms with van der Waals surface area (Å²) in [5.41, 5.74) is 1.40. The predicted octanol–water partition coefficient (Wildman–Crippen LogP) is 4.69. The van der Waals surface area contributed by atoms with Crippen LogP contribution >= 0.6 is 0 Å². The Morgan fingerprint density at radius 1 is 0.889 bits per heavy atom. The van der Waals surface area contributed by atoms with Crippen LogP contribution in [-0.4, -0.2) is 16.8 Å². The lowest BCUT2D eigenvalue weighted by molar-refractivity contribution is -0.428. The lowest BCUT2D eigenvalue weighted by Crippen LogP contribution is -2.02. The number of ether oxygens (including phenoxy) is 1. The third kappa shape index (κ3) is 3.46. The Bertz CT molecular complexity index is 1180. The van der Waals surface area contributed by atoms with Crippen molar-refractivity contribution < 1.29 is 13.9 Å². The minimum absolute atomic E-state index is 0.257. The van der Waals surface area contributed by atoms with Crippen LogP contribution in [0.2, 0.25) is 0 Å². The van der Waals surface area contributed by atoms with Crippen LogP contribution in [-0.2, 0) is 0 Å². The third-order valence-electron chi connectivity index (χ3n) is 4.07. The van der Waals surface area contributed by atoms with Gasteiger partial charge in [-0.05, 0) is 48.5 Å². The number of hydrogen-bond acceptors (Lipinski definition) is 5. The normalized spacial score (nSPS) is 10.7. The molecule has 0 N–H and O–H groups in total. The lowest BCUT2D eigenvalue weighted by Gasteiger charge is -2.06. The molecule has 0 atom stereocenters. The van der Waals surface area contributed by atoms with E-state index in [1.807, 2.05) is 6.07 Å². The Hall–Kier alpha value is -3.80. The average Bonchev–Trinajstić information content (AvgIpc) is 2.69. The highest BCUT2D eigenvalue weighted by Crippen LogP contribution is 2.26. The van der Waals surface area contributed by atoms with Crippen LogP contribution in [0.5, 0.6) is 11.5 Å². The quantitative estimate of drug-likeness (QED) is 0.494. The highest BCUT2D eigenvalue weighted by atomic mass is 16.5. The Morgan fingerprint density at radius 2 is 1.52 bits per heavy atom. The van der Waals surface area contributed by atoms with Crippen molar-refractivity contribution >= 4 is 16.6 Å². The number of aromatic nitrogens is 1. The predicted molar refractivity (Wildman–Crippen MR) is 101 cm³/mol.